The molecule has 1 atom stereocenters. The van der Waals surface area contributed by atoms with Gasteiger partial charge >= 0.3 is 0 Å². The highest BCUT2D eigenvalue weighted by atomic mass is 16.5. The number of hydrogen-bond donors (Lipinski definition) is 2. The minimum atomic E-state index is -0.595. The fourth-order valence-corrected chi connectivity index (χ4v) is 2.17. The standard InChI is InChI=1S/C17H24N2O3/c1-17(2,3)18-10-12(20)11-22-15-7-5-6-14-13(15)8-9-16(21)19(14)4/h5-9,12,18,20H,10-11H2,1-4H3. The summed E-state index contributed by atoms with van der Waals surface area (Å²) in [4.78, 5) is 11.7. The van der Waals surface area contributed by atoms with Gasteiger partial charge in [-0.05, 0) is 39.0 Å². The van der Waals surface area contributed by atoms with Gasteiger partial charge in [0.05, 0.1) is 5.52 Å². The Morgan fingerprint density at radius 3 is 2.68 bits per heavy atom. The number of hydrogen-bond acceptors (Lipinski definition) is 4. The molecule has 0 fully saturated rings. The van der Waals surface area contributed by atoms with Gasteiger partial charge in [-0.25, -0.2) is 0 Å². The number of fused-ring (bicyclic) bond motifs is 1. The molecule has 22 heavy (non-hydrogen) atoms. The molecule has 0 saturated heterocycles. The number of nitrogens with zero attached hydrogens (tertiary/aromatic N) is 1. The van der Waals surface area contributed by atoms with E-state index in [1.165, 1.54) is 6.07 Å². The Kier molecular flexibility index (Phi) is 4.88. The van der Waals surface area contributed by atoms with E-state index in [-0.39, 0.29) is 17.7 Å². The number of ether oxygens (including phenoxy) is 1. The molecule has 0 aliphatic carbocycles. The average Bonchev–Trinajstić information content (AvgIpc) is 2.46. The van der Waals surface area contributed by atoms with Crippen molar-refractivity contribution in [2.45, 2.75) is 32.4 Å². The molecule has 1 aromatic carbocycles. The Morgan fingerprint density at radius 2 is 2.00 bits per heavy atom. The van der Waals surface area contributed by atoms with Crippen LogP contribution in [0.4, 0.5) is 0 Å². The molecule has 2 aromatic rings. The van der Waals surface area contributed by atoms with Crippen molar-refractivity contribution in [3.8, 4) is 5.75 Å². The van der Waals surface area contributed by atoms with Gasteiger partial charge in [0, 0.05) is 30.6 Å². The smallest absolute Gasteiger partial charge is 0.250 e. The third-order valence-electron chi connectivity index (χ3n) is 3.43. The first kappa shape index (κ1) is 16.5. The van der Waals surface area contributed by atoms with Crippen LogP contribution in [0.2, 0.25) is 0 Å². The molecule has 0 radical (unpaired) electrons. The first-order chi connectivity index (χ1) is 10.3. The van der Waals surface area contributed by atoms with Crippen LogP contribution in [0.3, 0.4) is 0 Å². The van der Waals surface area contributed by atoms with E-state index in [0.717, 1.165) is 10.9 Å². The Bertz CT molecular complexity index is 701. The van der Waals surface area contributed by atoms with Crippen LogP contribution in [0.5, 0.6) is 5.75 Å². The maximum absolute atomic E-state index is 11.7. The van der Waals surface area contributed by atoms with Gasteiger partial charge in [0.25, 0.3) is 5.56 Å². The molecule has 2 rings (SSSR count). The lowest BCUT2D eigenvalue weighted by molar-refractivity contribution is 0.101. The molecule has 0 amide bonds. The lowest BCUT2D eigenvalue weighted by Gasteiger charge is -2.23. The summed E-state index contributed by atoms with van der Waals surface area (Å²) in [7, 11) is 1.73. The number of aliphatic hydroxyl groups excluding tert-OH is 1. The molecule has 0 bridgehead atoms. The molecule has 0 aliphatic heterocycles. The van der Waals surface area contributed by atoms with Gasteiger partial charge < -0.3 is 19.7 Å². The zero-order valence-electron chi connectivity index (χ0n) is 13.6. The van der Waals surface area contributed by atoms with Crippen molar-refractivity contribution in [1.29, 1.82) is 0 Å². The van der Waals surface area contributed by atoms with E-state index in [9.17, 15) is 9.90 Å². The predicted octanol–water partition coefficient (Wildman–Crippen LogP) is 1.67. The SMILES string of the molecule is Cn1c(=O)ccc2c(OCC(O)CNC(C)(C)C)cccc21. The molecule has 0 aliphatic rings. The second-order valence-electron chi connectivity index (χ2n) is 6.52. The van der Waals surface area contributed by atoms with Crippen LogP contribution in [-0.2, 0) is 7.05 Å². The van der Waals surface area contributed by atoms with E-state index in [1.807, 2.05) is 39.0 Å². The third-order valence-corrected chi connectivity index (χ3v) is 3.43. The molecule has 2 N–H and O–H groups in total. The van der Waals surface area contributed by atoms with Gasteiger partial charge in [-0.15, -0.1) is 0 Å². The van der Waals surface area contributed by atoms with Crippen LogP contribution in [0.25, 0.3) is 10.9 Å². The fraction of sp³-hybridized carbons (Fsp3) is 0.471. The number of aryl methyl sites for hydroxylation is 1. The van der Waals surface area contributed by atoms with Crippen molar-refractivity contribution in [1.82, 2.24) is 9.88 Å². The second kappa shape index (κ2) is 6.50. The van der Waals surface area contributed by atoms with Crippen molar-refractivity contribution in [3.05, 3.63) is 40.7 Å². The highest BCUT2D eigenvalue weighted by Gasteiger charge is 2.13. The zero-order valence-corrected chi connectivity index (χ0v) is 13.6. The van der Waals surface area contributed by atoms with E-state index >= 15 is 0 Å². The second-order valence-corrected chi connectivity index (χ2v) is 6.52. The Morgan fingerprint density at radius 1 is 1.27 bits per heavy atom. The largest absolute Gasteiger partial charge is 0.490 e. The fourth-order valence-electron chi connectivity index (χ4n) is 2.17. The number of nitrogens with one attached hydrogen (secondary N) is 1. The van der Waals surface area contributed by atoms with E-state index in [4.69, 9.17) is 4.74 Å². The lowest BCUT2D eigenvalue weighted by Crippen LogP contribution is -2.42. The summed E-state index contributed by atoms with van der Waals surface area (Å²) < 4.78 is 7.32. The van der Waals surface area contributed by atoms with Gasteiger partial charge in [-0.2, -0.15) is 0 Å². The maximum Gasteiger partial charge on any atom is 0.250 e. The molecule has 1 heterocycles. The molecule has 5 heteroatoms. The highest BCUT2D eigenvalue weighted by molar-refractivity contribution is 5.85. The van der Waals surface area contributed by atoms with Gasteiger partial charge in [0.2, 0.25) is 0 Å². The van der Waals surface area contributed by atoms with Crippen LogP contribution >= 0.6 is 0 Å². The van der Waals surface area contributed by atoms with Crippen LogP contribution in [0.15, 0.2) is 35.1 Å². The van der Waals surface area contributed by atoms with Gasteiger partial charge in [0.1, 0.15) is 18.5 Å². The van der Waals surface area contributed by atoms with E-state index in [2.05, 4.69) is 5.32 Å². The molecular weight excluding hydrogens is 280 g/mol. The number of rotatable bonds is 5. The number of benzene rings is 1. The summed E-state index contributed by atoms with van der Waals surface area (Å²) in [6.07, 6.45) is -0.595. The third kappa shape index (κ3) is 4.08. The molecule has 120 valence electrons. The Labute approximate surface area is 130 Å². The van der Waals surface area contributed by atoms with Crippen molar-refractivity contribution in [2.75, 3.05) is 13.2 Å². The summed E-state index contributed by atoms with van der Waals surface area (Å²) >= 11 is 0. The van der Waals surface area contributed by atoms with Crippen LogP contribution < -0.4 is 15.6 Å². The van der Waals surface area contributed by atoms with Crippen LogP contribution in [0.1, 0.15) is 20.8 Å². The van der Waals surface area contributed by atoms with Crippen molar-refractivity contribution < 1.29 is 9.84 Å². The van der Waals surface area contributed by atoms with E-state index < -0.39 is 6.10 Å². The summed E-state index contributed by atoms with van der Waals surface area (Å²) in [6, 6.07) is 8.84. The average molecular weight is 304 g/mol. The monoisotopic (exact) mass is 304 g/mol. The normalized spacial score (nSPS) is 13.3. The highest BCUT2D eigenvalue weighted by Crippen LogP contribution is 2.24. The maximum atomic E-state index is 11.7. The van der Waals surface area contributed by atoms with Crippen LogP contribution in [-0.4, -0.2) is 34.5 Å². The van der Waals surface area contributed by atoms with E-state index in [1.54, 1.807) is 17.7 Å². The topological polar surface area (TPSA) is 63.5 Å². The first-order valence-electron chi connectivity index (χ1n) is 7.42. The Hall–Kier alpha value is -1.85. The Balaban J connectivity index is 2.09. The molecule has 5 nitrogen and oxygen atoms in total. The molecule has 1 aromatic heterocycles. The van der Waals surface area contributed by atoms with Crippen molar-refractivity contribution >= 4 is 10.9 Å². The van der Waals surface area contributed by atoms with Gasteiger partial charge in [-0.1, -0.05) is 6.07 Å². The molecule has 1 unspecified atom stereocenters. The van der Waals surface area contributed by atoms with Crippen LogP contribution in [0, 0.1) is 0 Å². The minimum absolute atomic E-state index is 0.0430. The summed E-state index contributed by atoms with van der Waals surface area (Å²) in [5.41, 5.74) is 0.713. The quantitative estimate of drug-likeness (QED) is 0.882. The summed E-state index contributed by atoms with van der Waals surface area (Å²) in [5, 5.41) is 14.1. The van der Waals surface area contributed by atoms with Crippen molar-refractivity contribution in [2.24, 2.45) is 7.05 Å². The predicted molar refractivity (Wildman–Crippen MR) is 88.4 cm³/mol. The number of aliphatic hydroxyl groups is 1. The molecule has 0 saturated carbocycles. The molecular formula is C17H24N2O3. The number of β-amino-alcohol motifs (C(OH)–C–C–N with tert-alkyl or cyclic N) is 1. The zero-order chi connectivity index (χ0) is 16.3. The number of aromatic nitrogens is 1. The van der Waals surface area contributed by atoms with Gasteiger partial charge in [0.15, 0.2) is 0 Å². The van der Waals surface area contributed by atoms with Crippen molar-refractivity contribution in [3.63, 3.8) is 0 Å². The van der Waals surface area contributed by atoms with Gasteiger partial charge in [-0.3, -0.25) is 4.79 Å². The lowest BCUT2D eigenvalue weighted by atomic mass is 10.1. The van der Waals surface area contributed by atoms with E-state index in [0.29, 0.717) is 12.3 Å². The first-order valence-corrected chi connectivity index (χ1v) is 7.42. The summed E-state index contributed by atoms with van der Waals surface area (Å²) in [5.74, 6) is 0.669. The minimum Gasteiger partial charge on any atom is -0.490 e. The summed E-state index contributed by atoms with van der Waals surface area (Å²) in [6.45, 7) is 6.81. The number of pyridine rings is 1. The molecule has 0 spiro atoms.